The van der Waals surface area contributed by atoms with E-state index < -0.39 is 0 Å². The van der Waals surface area contributed by atoms with Gasteiger partial charge >= 0.3 is 0 Å². The van der Waals surface area contributed by atoms with Gasteiger partial charge in [-0.25, -0.2) is 0 Å². The van der Waals surface area contributed by atoms with Crippen LogP contribution >= 0.6 is 0 Å². The van der Waals surface area contributed by atoms with Crippen molar-refractivity contribution in [3.05, 3.63) is 0 Å². The first kappa shape index (κ1) is 33.1. The maximum atomic E-state index is 8.25. The fourth-order valence-corrected chi connectivity index (χ4v) is 4.87. The average Bonchev–Trinajstić information content (AvgIpc) is 2.80. The molecule has 190 valence electrons. The van der Waals surface area contributed by atoms with Crippen LogP contribution in [0, 0.1) is 0 Å². The molecule has 0 atom stereocenters. The van der Waals surface area contributed by atoms with E-state index in [2.05, 4.69) is 27.7 Å². The van der Waals surface area contributed by atoms with Gasteiger partial charge in [-0.2, -0.15) is 7.11 Å². The van der Waals surface area contributed by atoms with Crippen LogP contribution in [-0.2, 0) is 0 Å². The molecule has 0 fully saturated rings. The first-order chi connectivity index (χ1) is 15.2. The van der Waals surface area contributed by atoms with Gasteiger partial charge in [0, 0.05) is 0 Å². The summed E-state index contributed by atoms with van der Waals surface area (Å²) in [7, 11) is 0.750. The van der Waals surface area contributed by atoms with Gasteiger partial charge in [0.1, 0.15) is 0 Å². The molecule has 0 saturated heterocycles. The molecule has 2 nitrogen and oxygen atoms in total. The van der Waals surface area contributed by atoms with Gasteiger partial charge in [0.15, 0.2) is 0 Å². The fourth-order valence-electron chi connectivity index (χ4n) is 4.87. The molecule has 0 aliphatic rings. The van der Waals surface area contributed by atoms with E-state index in [9.17, 15) is 0 Å². The largest absolute Gasteiger partial charge is 0.857 e. The Morgan fingerprint density at radius 2 is 0.516 bits per heavy atom. The first-order valence-corrected chi connectivity index (χ1v) is 14.5. The van der Waals surface area contributed by atoms with Crippen molar-refractivity contribution in [2.45, 2.75) is 156 Å². The van der Waals surface area contributed by atoms with Crippen molar-refractivity contribution in [3.8, 4) is 0 Å². The topological polar surface area (TPSA) is 23.1 Å². The maximum absolute atomic E-state index is 8.25. The third-order valence-electron chi connectivity index (χ3n) is 6.94. The van der Waals surface area contributed by atoms with Crippen LogP contribution in [0.5, 0.6) is 0 Å². The highest BCUT2D eigenvalue weighted by Crippen LogP contribution is 2.20. The predicted octanol–water partition coefficient (Wildman–Crippen LogP) is 8.66. The van der Waals surface area contributed by atoms with Crippen LogP contribution in [0.1, 0.15) is 156 Å². The molecule has 0 aromatic rings. The summed E-state index contributed by atoms with van der Waals surface area (Å²) >= 11 is 0. The summed E-state index contributed by atoms with van der Waals surface area (Å²) in [6.07, 6.45) is 28.8. The van der Waals surface area contributed by atoms with E-state index in [0.29, 0.717) is 0 Å². The normalized spacial score (nSPS) is 11.4. The molecule has 0 amide bonds. The molecule has 0 bridgehead atoms. The van der Waals surface area contributed by atoms with Crippen LogP contribution in [0.3, 0.4) is 0 Å². The predicted molar refractivity (Wildman–Crippen MR) is 141 cm³/mol. The Morgan fingerprint density at radius 3 is 0.710 bits per heavy atom. The van der Waals surface area contributed by atoms with Crippen LogP contribution in [0.4, 0.5) is 0 Å². The van der Waals surface area contributed by atoms with E-state index in [0.717, 1.165) is 7.11 Å². The molecule has 0 heterocycles. The van der Waals surface area contributed by atoms with E-state index in [1.807, 2.05) is 0 Å². The summed E-state index contributed by atoms with van der Waals surface area (Å²) in [6, 6.07) is 0. The molecule has 0 N–H and O–H groups in total. The second-order valence-corrected chi connectivity index (χ2v) is 9.89. The van der Waals surface area contributed by atoms with Gasteiger partial charge in [-0.15, -0.1) is 0 Å². The molecule has 0 aliphatic heterocycles. The van der Waals surface area contributed by atoms with Crippen molar-refractivity contribution >= 4 is 0 Å². The number of unbranched alkanes of at least 4 members (excludes halogenated alkanes) is 16. The minimum absolute atomic E-state index is 0.750. The number of hydrogen-bond acceptors (Lipinski definition) is 1. The Bertz CT molecular complexity index is 244. The minimum Gasteiger partial charge on any atom is -0.857 e. The monoisotopic (exact) mass is 441 g/mol. The molecular formula is C29H63NO. The lowest BCUT2D eigenvalue weighted by atomic mass is 10.1. The van der Waals surface area contributed by atoms with Gasteiger partial charge in [-0.1, -0.05) is 105 Å². The highest BCUT2D eigenvalue weighted by atomic mass is 16.2. The third-order valence-corrected chi connectivity index (χ3v) is 6.94. The molecular weight excluding hydrogens is 378 g/mol. The van der Waals surface area contributed by atoms with Gasteiger partial charge in [0.05, 0.1) is 26.2 Å². The Balaban J connectivity index is 0. The highest BCUT2D eigenvalue weighted by Gasteiger charge is 2.25. The van der Waals surface area contributed by atoms with E-state index in [-0.39, 0.29) is 0 Å². The Kier molecular flexibility index (Phi) is 29.8. The lowest BCUT2D eigenvalue weighted by molar-refractivity contribution is -0.929. The molecule has 0 aromatic carbocycles. The molecule has 0 rings (SSSR count). The van der Waals surface area contributed by atoms with E-state index in [1.165, 1.54) is 159 Å². The van der Waals surface area contributed by atoms with E-state index in [4.69, 9.17) is 5.11 Å². The zero-order chi connectivity index (χ0) is 23.5. The zero-order valence-corrected chi connectivity index (χ0v) is 22.8. The van der Waals surface area contributed by atoms with Gasteiger partial charge in [-0.05, 0) is 51.4 Å². The average molecular weight is 442 g/mol. The van der Waals surface area contributed by atoms with Crippen LogP contribution < -0.4 is 5.11 Å². The summed E-state index contributed by atoms with van der Waals surface area (Å²) in [4.78, 5) is 0. The number of nitrogens with zero attached hydrogens (tertiary/aromatic N) is 1. The third kappa shape index (κ3) is 22.9. The standard InChI is InChI=1S/C28H60N.CH3O/c1-5-9-13-17-21-25-29(26-22-18-14-10-6-2,27-23-19-15-11-7-3)28-24-20-16-12-8-4;1-2/h5-28H2,1-4H3;1H3/q+1;-1. The van der Waals surface area contributed by atoms with Gasteiger partial charge in [0.25, 0.3) is 0 Å². The molecule has 0 aromatic heterocycles. The van der Waals surface area contributed by atoms with Crippen molar-refractivity contribution in [2.75, 3.05) is 33.3 Å². The Hall–Kier alpha value is -0.0800. The van der Waals surface area contributed by atoms with Crippen molar-refractivity contribution in [2.24, 2.45) is 0 Å². The summed E-state index contributed by atoms with van der Waals surface area (Å²) in [5.74, 6) is 0. The van der Waals surface area contributed by atoms with E-state index >= 15 is 0 Å². The lowest BCUT2D eigenvalue weighted by Gasteiger charge is -2.39. The van der Waals surface area contributed by atoms with Crippen molar-refractivity contribution in [3.63, 3.8) is 0 Å². The first-order valence-electron chi connectivity index (χ1n) is 14.5. The van der Waals surface area contributed by atoms with Crippen LogP contribution in [0.25, 0.3) is 0 Å². The van der Waals surface area contributed by atoms with Gasteiger partial charge in [0.2, 0.25) is 0 Å². The van der Waals surface area contributed by atoms with Crippen LogP contribution in [-0.4, -0.2) is 37.8 Å². The lowest BCUT2D eigenvalue weighted by Crippen LogP contribution is -2.50. The number of quaternary nitrogens is 1. The second kappa shape index (κ2) is 28.0. The summed E-state index contributed by atoms with van der Waals surface area (Å²) < 4.78 is 1.47. The zero-order valence-electron chi connectivity index (χ0n) is 22.8. The maximum Gasteiger partial charge on any atom is 0.0786 e. The molecule has 2 heteroatoms. The fraction of sp³-hybridized carbons (Fsp3) is 1.00. The number of hydrogen-bond donors (Lipinski definition) is 0. The quantitative estimate of drug-likeness (QED) is 0.108. The Morgan fingerprint density at radius 1 is 0.323 bits per heavy atom. The molecule has 0 unspecified atom stereocenters. The molecule has 0 spiro atoms. The van der Waals surface area contributed by atoms with Gasteiger partial charge in [-0.3, -0.25) is 0 Å². The summed E-state index contributed by atoms with van der Waals surface area (Å²) in [6.45, 7) is 15.2. The highest BCUT2D eigenvalue weighted by molar-refractivity contribution is 4.54. The van der Waals surface area contributed by atoms with Crippen LogP contribution in [0.15, 0.2) is 0 Å². The smallest absolute Gasteiger partial charge is 0.0786 e. The minimum atomic E-state index is 0.750. The van der Waals surface area contributed by atoms with Crippen LogP contribution in [0.2, 0.25) is 0 Å². The molecule has 31 heavy (non-hydrogen) atoms. The Labute approximate surface area is 199 Å². The SMILES string of the molecule is CCCCCCC[N+](CCCCCCC)(CCCCCCC)CCCCCCC.C[O-]. The second-order valence-electron chi connectivity index (χ2n) is 9.89. The summed E-state index contributed by atoms with van der Waals surface area (Å²) in [5.41, 5.74) is 0. The number of rotatable bonds is 24. The van der Waals surface area contributed by atoms with Gasteiger partial charge < -0.3 is 9.59 Å². The van der Waals surface area contributed by atoms with Crippen molar-refractivity contribution < 1.29 is 9.59 Å². The van der Waals surface area contributed by atoms with E-state index in [1.54, 1.807) is 0 Å². The summed E-state index contributed by atoms with van der Waals surface area (Å²) in [5, 5.41) is 8.25. The van der Waals surface area contributed by atoms with Crippen molar-refractivity contribution in [1.29, 1.82) is 0 Å². The van der Waals surface area contributed by atoms with Crippen molar-refractivity contribution in [1.82, 2.24) is 0 Å². The molecule has 0 radical (unpaired) electrons. The molecule has 0 aliphatic carbocycles. The molecule has 0 saturated carbocycles.